The van der Waals surface area contributed by atoms with Gasteiger partial charge in [-0.15, -0.1) is 0 Å². The number of aromatic amines is 1. The highest BCUT2D eigenvalue weighted by atomic mass is 15.2. The molecule has 4 nitrogen and oxygen atoms in total. The summed E-state index contributed by atoms with van der Waals surface area (Å²) in [6.45, 7) is 22.3. The minimum absolute atomic E-state index is 0.00714. The van der Waals surface area contributed by atoms with Crippen LogP contribution in [0.15, 0.2) is 72.8 Å². The van der Waals surface area contributed by atoms with E-state index in [1.165, 1.54) is 27.8 Å². The van der Waals surface area contributed by atoms with Crippen LogP contribution in [0.5, 0.6) is 0 Å². The Hall–Kier alpha value is -3.21. The van der Waals surface area contributed by atoms with Crippen molar-refractivity contribution < 1.29 is 0 Å². The maximum atomic E-state index is 5.42. The number of aromatic nitrogens is 2. The average Bonchev–Trinajstić information content (AvgIpc) is 3.32. The molecule has 0 radical (unpaired) electrons. The molecule has 216 valence electrons. The Kier molecular flexibility index (Phi) is 8.27. The van der Waals surface area contributed by atoms with E-state index in [0.717, 1.165) is 49.0 Å². The topological polar surface area (TPSA) is 44.0 Å². The van der Waals surface area contributed by atoms with E-state index in [1.54, 1.807) is 0 Å². The molecule has 1 aliphatic rings. The zero-order chi connectivity index (χ0) is 29.4. The summed E-state index contributed by atoms with van der Waals surface area (Å²) in [7, 11) is 0. The smallest absolute Gasteiger partial charge is 0.137 e. The lowest BCUT2D eigenvalue weighted by Crippen LogP contribution is -2.47. The number of rotatable bonds is 6. The van der Waals surface area contributed by atoms with E-state index in [4.69, 9.17) is 4.98 Å². The third-order valence-electron chi connectivity index (χ3n) is 8.60. The number of nitrogens with zero attached hydrogens (tertiary/aromatic N) is 2. The molecule has 1 saturated heterocycles. The zero-order valence-corrected chi connectivity index (χ0v) is 26.3. The van der Waals surface area contributed by atoms with Gasteiger partial charge in [-0.05, 0) is 46.9 Å². The molecule has 1 atom stereocenters. The molecule has 1 unspecified atom stereocenters. The molecular weight excluding hydrogens is 500 g/mol. The minimum atomic E-state index is 0.00714. The van der Waals surface area contributed by atoms with Crippen LogP contribution in [-0.4, -0.2) is 41.0 Å². The number of benzene rings is 3. The van der Waals surface area contributed by atoms with Gasteiger partial charge in [0.15, 0.2) is 0 Å². The summed E-state index contributed by atoms with van der Waals surface area (Å²) in [6, 6.07) is 27.1. The van der Waals surface area contributed by atoms with Crippen molar-refractivity contribution in [2.75, 3.05) is 26.2 Å². The molecule has 1 aliphatic heterocycles. The van der Waals surface area contributed by atoms with E-state index in [2.05, 4.69) is 143 Å². The number of imidazole rings is 1. The largest absolute Gasteiger partial charge is 0.342 e. The predicted octanol–water partition coefficient (Wildman–Crippen LogP) is 8.07. The van der Waals surface area contributed by atoms with E-state index in [0.29, 0.717) is 0 Å². The first-order valence-corrected chi connectivity index (χ1v) is 15.2. The lowest BCUT2D eigenvalue weighted by molar-refractivity contribution is 0.155. The highest BCUT2D eigenvalue weighted by molar-refractivity contribution is 5.57. The maximum Gasteiger partial charge on any atom is 0.137 e. The van der Waals surface area contributed by atoms with Gasteiger partial charge in [-0.3, -0.25) is 4.90 Å². The molecule has 2 heterocycles. The van der Waals surface area contributed by atoms with E-state index in [-0.39, 0.29) is 22.8 Å². The molecule has 0 spiro atoms. The summed E-state index contributed by atoms with van der Waals surface area (Å²) in [6.07, 6.45) is 0. The lowest BCUT2D eigenvalue weighted by Gasteiger charge is -2.42. The van der Waals surface area contributed by atoms with Gasteiger partial charge in [0.05, 0.1) is 11.7 Å². The van der Waals surface area contributed by atoms with Crippen molar-refractivity contribution in [3.05, 3.63) is 112 Å². The van der Waals surface area contributed by atoms with Crippen molar-refractivity contribution in [3.63, 3.8) is 0 Å². The number of nitrogens with one attached hydrogen (secondary N) is 2. The summed E-state index contributed by atoms with van der Waals surface area (Å²) < 4.78 is 0. The Balaban J connectivity index is 1.79. The molecule has 1 fully saturated rings. The molecule has 4 heteroatoms. The van der Waals surface area contributed by atoms with Gasteiger partial charge in [0.1, 0.15) is 5.82 Å². The van der Waals surface area contributed by atoms with Crippen LogP contribution in [0.2, 0.25) is 0 Å². The van der Waals surface area contributed by atoms with Gasteiger partial charge in [-0.25, -0.2) is 4.98 Å². The van der Waals surface area contributed by atoms with Gasteiger partial charge >= 0.3 is 0 Å². The van der Waals surface area contributed by atoms with Crippen molar-refractivity contribution in [1.82, 2.24) is 20.2 Å². The molecular formula is C37H48N4. The Morgan fingerprint density at radius 3 is 1.73 bits per heavy atom. The van der Waals surface area contributed by atoms with Gasteiger partial charge in [0.25, 0.3) is 0 Å². The first-order valence-electron chi connectivity index (χ1n) is 15.2. The van der Waals surface area contributed by atoms with Crippen molar-refractivity contribution in [3.8, 4) is 11.4 Å². The van der Waals surface area contributed by atoms with Gasteiger partial charge in [-0.2, -0.15) is 0 Å². The third-order valence-corrected chi connectivity index (χ3v) is 8.60. The zero-order valence-electron chi connectivity index (χ0n) is 26.3. The monoisotopic (exact) mass is 548 g/mol. The molecule has 0 aliphatic carbocycles. The van der Waals surface area contributed by atoms with Crippen LogP contribution in [0.4, 0.5) is 0 Å². The first kappa shape index (κ1) is 29.3. The quantitative estimate of drug-likeness (QED) is 0.256. The van der Waals surface area contributed by atoms with Gasteiger partial charge < -0.3 is 10.3 Å². The number of hydrogen-bond acceptors (Lipinski definition) is 3. The van der Waals surface area contributed by atoms with Crippen molar-refractivity contribution in [1.29, 1.82) is 0 Å². The Morgan fingerprint density at radius 1 is 0.707 bits per heavy atom. The normalized spacial score (nSPS) is 15.8. The van der Waals surface area contributed by atoms with Gasteiger partial charge in [0.2, 0.25) is 0 Å². The van der Waals surface area contributed by atoms with Gasteiger partial charge in [0, 0.05) is 43.4 Å². The molecule has 0 bridgehead atoms. The number of hydrogen-bond donors (Lipinski definition) is 2. The van der Waals surface area contributed by atoms with Crippen LogP contribution in [0, 0.1) is 13.8 Å². The summed E-state index contributed by atoms with van der Waals surface area (Å²) in [5, 5.41) is 3.59. The minimum Gasteiger partial charge on any atom is -0.342 e. The fourth-order valence-corrected chi connectivity index (χ4v) is 6.52. The van der Waals surface area contributed by atoms with E-state index in [1.807, 2.05) is 0 Å². The molecule has 5 rings (SSSR count). The summed E-state index contributed by atoms with van der Waals surface area (Å²) in [5.41, 5.74) is 10.3. The molecule has 1 aromatic heterocycles. The molecule has 2 N–H and O–H groups in total. The first-order chi connectivity index (χ1) is 19.4. The van der Waals surface area contributed by atoms with Crippen LogP contribution in [0.25, 0.3) is 11.4 Å². The maximum absolute atomic E-state index is 5.42. The fraction of sp³-hybridized carbons (Fsp3) is 0.432. The summed E-state index contributed by atoms with van der Waals surface area (Å²) in [5.74, 6) is 1.07. The van der Waals surface area contributed by atoms with Crippen molar-refractivity contribution in [2.45, 2.75) is 78.2 Å². The average molecular weight is 549 g/mol. The second-order valence-corrected chi connectivity index (χ2v) is 13.8. The molecule has 3 aromatic carbocycles. The predicted molar refractivity (Wildman–Crippen MR) is 173 cm³/mol. The summed E-state index contributed by atoms with van der Waals surface area (Å²) >= 11 is 0. The fourth-order valence-electron chi connectivity index (χ4n) is 6.52. The molecule has 4 aromatic rings. The van der Waals surface area contributed by atoms with Crippen molar-refractivity contribution >= 4 is 0 Å². The SMILES string of the molecule is Cc1ccc(-c2nc(C(C(c3ccccc3C(C)(C)C)c3ccccc3C(C)(C)C)N3CCNCC3)c(C)[nH]2)cc1. The Labute approximate surface area is 247 Å². The number of aryl methyl sites for hydroxylation is 2. The number of piperazine rings is 1. The van der Waals surface area contributed by atoms with E-state index < -0.39 is 0 Å². The van der Waals surface area contributed by atoms with Crippen molar-refractivity contribution in [2.24, 2.45) is 0 Å². The van der Waals surface area contributed by atoms with E-state index >= 15 is 0 Å². The van der Waals surface area contributed by atoms with E-state index in [9.17, 15) is 0 Å². The summed E-state index contributed by atoms with van der Waals surface area (Å²) in [4.78, 5) is 11.8. The standard InChI is InChI=1S/C37H48N4/c1-25-17-19-27(20-18-25)35-39-26(2)33(40-35)34(41-23-21-38-22-24-41)32(28-13-9-11-15-30(28)36(3,4)5)29-14-10-12-16-31(29)37(6,7)8/h9-20,32,34,38H,21-24H2,1-8H3,(H,39,40). The highest BCUT2D eigenvalue weighted by Crippen LogP contribution is 2.47. The van der Waals surface area contributed by atoms with Crippen LogP contribution in [0.3, 0.4) is 0 Å². The van der Waals surface area contributed by atoms with Crippen LogP contribution < -0.4 is 5.32 Å². The second kappa shape index (κ2) is 11.6. The van der Waals surface area contributed by atoms with Crippen LogP contribution >= 0.6 is 0 Å². The second-order valence-electron chi connectivity index (χ2n) is 13.8. The number of H-pyrrole nitrogens is 1. The lowest BCUT2D eigenvalue weighted by atomic mass is 9.71. The Morgan fingerprint density at radius 2 is 1.22 bits per heavy atom. The molecule has 0 saturated carbocycles. The van der Waals surface area contributed by atoms with Crippen LogP contribution in [0.1, 0.15) is 92.7 Å². The highest BCUT2D eigenvalue weighted by Gasteiger charge is 2.39. The van der Waals surface area contributed by atoms with Crippen LogP contribution in [-0.2, 0) is 10.8 Å². The third kappa shape index (κ3) is 6.19. The Bertz CT molecular complexity index is 1400. The van der Waals surface area contributed by atoms with Gasteiger partial charge in [-0.1, -0.05) is 120 Å². The molecule has 0 amide bonds. The molecule has 41 heavy (non-hydrogen) atoms.